The van der Waals surface area contributed by atoms with E-state index in [0.29, 0.717) is 43.2 Å². The van der Waals surface area contributed by atoms with E-state index in [4.69, 9.17) is 4.74 Å². The van der Waals surface area contributed by atoms with Gasteiger partial charge in [0.1, 0.15) is 5.75 Å². The second-order valence-electron chi connectivity index (χ2n) is 7.73. The number of ether oxygens (including phenoxy) is 1. The predicted octanol–water partition coefficient (Wildman–Crippen LogP) is 4.59. The molecule has 1 fully saturated rings. The fourth-order valence-electron chi connectivity index (χ4n) is 4.07. The first-order valence-corrected chi connectivity index (χ1v) is 10.1. The monoisotopic (exact) mass is 431 g/mol. The molecule has 8 heteroatoms. The molecule has 31 heavy (non-hydrogen) atoms. The minimum atomic E-state index is -4.36. The van der Waals surface area contributed by atoms with Crippen molar-refractivity contribution >= 4 is 22.4 Å². The van der Waals surface area contributed by atoms with E-state index >= 15 is 0 Å². The number of Topliss-reactive ketones (excluding diaryl/α,β-unsaturated/α-hetero) is 1. The molecular formula is C23H24F3N3O2. The van der Waals surface area contributed by atoms with Gasteiger partial charge in [0.25, 0.3) is 0 Å². The number of piperazine rings is 1. The van der Waals surface area contributed by atoms with E-state index in [2.05, 4.69) is 9.88 Å². The van der Waals surface area contributed by atoms with Crippen molar-refractivity contribution in [2.24, 2.45) is 0 Å². The lowest BCUT2D eigenvalue weighted by Gasteiger charge is -2.38. The number of nitrogens with zero attached hydrogens (tertiary/aromatic N) is 2. The SMILES string of the molecule is COc1ccc2[nH]cc(C(=O)[C@@H](C)N3CCN(c4cccc(C(F)(F)F)c4)CC3)c2c1. The van der Waals surface area contributed by atoms with Crippen LogP contribution >= 0.6 is 0 Å². The maximum absolute atomic E-state index is 13.2. The summed E-state index contributed by atoms with van der Waals surface area (Å²) in [6.45, 7) is 4.17. The van der Waals surface area contributed by atoms with Gasteiger partial charge >= 0.3 is 6.18 Å². The third-order valence-corrected chi connectivity index (χ3v) is 5.93. The van der Waals surface area contributed by atoms with Crippen LogP contribution in [0.2, 0.25) is 0 Å². The normalized spacial score (nSPS) is 16.5. The highest BCUT2D eigenvalue weighted by molar-refractivity contribution is 6.10. The number of hydrogen-bond acceptors (Lipinski definition) is 4. The average molecular weight is 431 g/mol. The number of alkyl halides is 3. The smallest absolute Gasteiger partial charge is 0.416 e. The van der Waals surface area contributed by atoms with Crippen molar-refractivity contribution in [3.05, 3.63) is 59.8 Å². The van der Waals surface area contributed by atoms with Gasteiger partial charge in [-0.1, -0.05) is 6.07 Å². The van der Waals surface area contributed by atoms with Crippen molar-refractivity contribution in [1.82, 2.24) is 9.88 Å². The van der Waals surface area contributed by atoms with Gasteiger partial charge in [0.2, 0.25) is 0 Å². The predicted molar refractivity (Wildman–Crippen MR) is 114 cm³/mol. The Morgan fingerprint density at radius 3 is 2.52 bits per heavy atom. The van der Waals surface area contributed by atoms with Gasteiger partial charge in [0.15, 0.2) is 5.78 Å². The fourth-order valence-corrected chi connectivity index (χ4v) is 4.07. The number of benzene rings is 2. The first-order valence-electron chi connectivity index (χ1n) is 10.1. The van der Waals surface area contributed by atoms with Crippen LogP contribution in [0.3, 0.4) is 0 Å². The molecule has 4 rings (SSSR count). The van der Waals surface area contributed by atoms with E-state index in [0.717, 1.165) is 17.0 Å². The Labute approximate surface area is 178 Å². The van der Waals surface area contributed by atoms with Crippen LogP contribution in [0, 0.1) is 0 Å². The minimum absolute atomic E-state index is 0.00650. The molecule has 0 aliphatic carbocycles. The summed E-state index contributed by atoms with van der Waals surface area (Å²) in [6, 6.07) is 10.6. The second-order valence-corrected chi connectivity index (χ2v) is 7.73. The van der Waals surface area contributed by atoms with Gasteiger partial charge in [-0.25, -0.2) is 0 Å². The molecule has 0 bridgehead atoms. The van der Waals surface area contributed by atoms with Crippen LogP contribution in [0.15, 0.2) is 48.7 Å². The first-order chi connectivity index (χ1) is 14.8. The number of anilines is 1. The van der Waals surface area contributed by atoms with Crippen molar-refractivity contribution in [2.75, 3.05) is 38.2 Å². The number of methoxy groups -OCH3 is 1. The largest absolute Gasteiger partial charge is 0.497 e. The lowest BCUT2D eigenvalue weighted by molar-refractivity contribution is -0.137. The van der Waals surface area contributed by atoms with Crippen molar-refractivity contribution in [1.29, 1.82) is 0 Å². The van der Waals surface area contributed by atoms with Crippen LogP contribution in [-0.2, 0) is 6.18 Å². The maximum atomic E-state index is 13.2. The molecule has 0 unspecified atom stereocenters. The van der Waals surface area contributed by atoms with Crippen LogP contribution in [0.4, 0.5) is 18.9 Å². The highest BCUT2D eigenvalue weighted by Gasteiger charge is 2.32. The molecule has 3 aromatic rings. The van der Waals surface area contributed by atoms with Gasteiger partial charge in [-0.3, -0.25) is 9.69 Å². The molecule has 0 amide bonds. The Bertz CT molecular complexity index is 1090. The molecule has 0 radical (unpaired) electrons. The standard InChI is InChI=1S/C23H24F3N3O2/c1-15(22(30)20-14-27-21-7-6-18(31-2)13-19(20)21)28-8-10-29(11-9-28)17-5-3-4-16(12-17)23(24,25)26/h3-7,12-15,27H,8-11H2,1-2H3/t15-/m1/s1. The van der Waals surface area contributed by atoms with Crippen LogP contribution in [0.5, 0.6) is 5.75 Å². The molecule has 1 aliphatic rings. The molecule has 1 aliphatic heterocycles. The molecule has 1 atom stereocenters. The summed E-state index contributed by atoms with van der Waals surface area (Å²) in [5.74, 6) is 0.690. The van der Waals surface area contributed by atoms with Crippen molar-refractivity contribution in [2.45, 2.75) is 19.1 Å². The Morgan fingerprint density at radius 2 is 1.84 bits per heavy atom. The van der Waals surface area contributed by atoms with Crippen LogP contribution in [-0.4, -0.2) is 55.0 Å². The van der Waals surface area contributed by atoms with Crippen LogP contribution < -0.4 is 9.64 Å². The van der Waals surface area contributed by atoms with Crippen molar-refractivity contribution < 1.29 is 22.7 Å². The zero-order chi connectivity index (χ0) is 22.2. The molecule has 5 nitrogen and oxygen atoms in total. The van der Waals surface area contributed by atoms with E-state index < -0.39 is 11.7 Å². The average Bonchev–Trinajstić information content (AvgIpc) is 3.21. The van der Waals surface area contributed by atoms with E-state index in [9.17, 15) is 18.0 Å². The van der Waals surface area contributed by atoms with Gasteiger partial charge in [0.05, 0.1) is 18.7 Å². The summed E-state index contributed by atoms with van der Waals surface area (Å²) in [4.78, 5) is 20.3. The Balaban J connectivity index is 1.45. The molecule has 1 N–H and O–H groups in total. The summed E-state index contributed by atoms with van der Waals surface area (Å²) in [5, 5.41) is 0.818. The van der Waals surface area contributed by atoms with E-state index in [1.165, 1.54) is 12.1 Å². The minimum Gasteiger partial charge on any atom is -0.497 e. The molecule has 1 aromatic heterocycles. The molecule has 164 valence electrons. The van der Waals surface area contributed by atoms with Crippen LogP contribution in [0.25, 0.3) is 10.9 Å². The molecule has 0 spiro atoms. The third-order valence-electron chi connectivity index (χ3n) is 5.93. The van der Waals surface area contributed by atoms with Gasteiger partial charge in [-0.05, 0) is 43.3 Å². The number of aromatic amines is 1. The summed E-state index contributed by atoms with van der Waals surface area (Å²) in [6.07, 6.45) is -2.64. The van der Waals surface area contributed by atoms with Gasteiger partial charge in [0, 0.05) is 54.5 Å². The highest BCUT2D eigenvalue weighted by atomic mass is 19.4. The summed E-state index contributed by atoms with van der Waals surface area (Å²) >= 11 is 0. The lowest BCUT2D eigenvalue weighted by Crippen LogP contribution is -2.51. The van der Waals surface area contributed by atoms with Crippen molar-refractivity contribution in [3.63, 3.8) is 0 Å². The molecule has 2 heterocycles. The zero-order valence-electron chi connectivity index (χ0n) is 17.4. The number of H-pyrrole nitrogens is 1. The number of carbonyl (C=O) groups excluding carboxylic acids is 1. The summed E-state index contributed by atoms with van der Waals surface area (Å²) in [5.41, 5.74) is 1.38. The number of aromatic nitrogens is 1. The Hall–Kier alpha value is -3.00. The fraction of sp³-hybridized carbons (Fsp3) is 0.348. The van der Waals surface area contributed by atoms with E-state index in [-0.39, 0.29) is 11.8 Å². The number of hydrogen-bond donors (Lipinski definition) is 1. The highest BCUT2D eigenvalue weighted by Crippen LogP contribution is 2.32. The Morgan fingerprint density at radius 1 is 1.10 bits per heavy atom. The van der Waals surface area contributed by atoms with Gasteiger partial charge < -0.3 is 14.6 Å². The molecule has 0 saturated carbocycles. The van der Waals surface area contributed by atoms with Gasteiger partial charge in [-0.2, -0.15) is 13.2 Å². The molecule has 2 aromatic carbocycles. The third kappa shape index (κ3) is 4.25. The van der Waals surface area contributed by atoms with Crippen molar-refractivity contribution in [3.8, 4) is 5.75 Å². The second kappa shape index (κ2) is 8.26. The number of carbonyl (C=O) groups is 1. The maximum Gasteiger partial charge on any atom is 0.416 e. The zero-order valence-corrected chi connectivity index (χ0v) is 17.4. The van der Waals surface area contributed by atoms with E-state index in [1.807, 2.05) is 30.0 Å². The number of halogens is 3. The lowest BCUT2D eigenvalue weighted by atomic mass is 10.0. The number of nitrogens with one attached hydrogen (secondary N) is 1. The number of fused-ring (bicyclic) bond motifs is 1. The molecule has 1 saturated heterocycles. The number of rotatable bonds is 5. The van der Waals surface area contributed by atoms with Crippen LogP contribution in [0.1, 0.15) is 22.8 Å². The summed E-state index contributed by atoms with van der Waals surface area (Å²) in [7, 11) is 1.59. The summed E-state index contributed by atoms with van der Waals surface area (Å²) < 4.78 is 44.3. The quantitative estimate of drug-likeness (QED) is 0.601. The van der Waals surface area contributed by atoms with E-state index in [1.54, 1.807) is 19.4 Å². The van der Waals surface area contributed by atoms with Gasteiger partial charge in [-0.15, -0.1) is 0 Å². The Kier molecular flexibility index (Phi) is 5.66. The number of ketones is 1. The first kappa shape index (κ1) is 21.2. The topological polar surface area (TPSA) is 48.6 Å². The molecular weight excluding hydrogens is 407 g/mol.